The lowest BCUT2D eigenvalue weighted by Crippen LogP contribution is -2.44. The fourth-order valence-corrected chi connectivity index (χ4v) is 4.88. The molecule has 4 rings (SSSR count). The van der Waals surface area contributed by atoms with Crippen LogP contribution in [-0.2, 0) is 4.74 Å². The van der Waals surface area contributed by atoms with E-state index in [0.29, 0.717) is 5.41 Å². The van der Waals surface area contributed by atoms with Gasteiger partial charge in [-0.2, -0.15) is 0 Å². The van der Waals surface area contributed by atoms with E-state index in [2.05, 4.69) is 61.2 Å². The molecule has 0 aliphatic carbocycles. The molecule has 0 radical (unpaired) electrons. The Morgan fingerprint density at radius 1 is 1.04 bits per heavy atom. The summed E-state index contributed by atoms with van der Waals surface area (Å²) in [5, 5.41) is 0. The highest BCUT2D eigenvalue weighted by Crippen LogP contribution is 2.37. The number of hydrogen-bond acceptors (Lipinski definition) is 3. The Balaban J connectivity index is 1.32. The minimum Gasteiger partial charge on any atom is -0.493 e. The molecule has 28 heavy (non-hydrogen) atoms. The van der Waals surface area contributed by atoms with Crippen LogP contribution in [0.1, 0.15) is 36.8 Å². The monoisotopic (exact) mass is 379 g/mol. The van der Waals surface area contributed by atoms with E-state index in [0.717, 1.165) is 38.5 Å². The predicted molar refractivity (Wildman–Crippen MR) is 115 cm³/mol. The second-order valence-electron chi connectivity index (χ2n) is 8.63. The zero-order valence-electron chi connectivity index (χ0n) is 17.4. The summed E-state index contributed by atoms with van der Waals surface area (Å²) in [6.07, 6.45) is 4.96. The maximum atomic E-state index is 6.20. The third kappa shape index (κ3) is 4.26. The van der Waals surface area contributed by atoms with E-state index in [1.165, 1.54) is 54.6 Å². The first-order valence-corrected chi connectivity index (χ1v) is 10.8. The molecule has 3 heteroatoms. The van der Waals surface area contributed by atoms with Crippen molar-refractivity contribution in [3.8, 4) is 16.9 Å². The molecule has 150 valence electrons. The second-order valence-corrected chi connectivity index (χ2v) is 8.63. The Kier molecular flexibility index (Phi) is 6.03. The van der Waals surface area contributed by atoms with E-state index in [1.807, 2.05) is 0 Å². The van der Waals surface area contributed by atoms with E-state index >= 15 is 0 Å². The van der Waals surface area contributed by atoms with Crippen LogP contribution in [0.4, 0.5) is 0 Å². The van der Waals surface area contributed by atoms with E-state index < -0.39 is 0 Å². The fourth-order valence-electron chi connectivity index (χ4n) is 4.88. The van der Waals surface area contributed by atoms with Crippen LogP contribution in [0.3, 0.4) is 0 Å². The lowest BCUT2D eigenvalue weighted by Gasteiger charge is -2.39. The smallest absolute Gasteiger partial charge is 0.122 e. The quantitative estimate of drug-likeness (QED) is 0.641. The van der Waals surface area contributed by atoms with Crippen LogP contribution in [-0.4, -0.2) is 44.4 Å². The number of aryl methyl sites for hydroxylation is 1. The molecule has 0 bridgehead atoms. The minimum atomic E-state index is 0.442. The van der Waals surface area contributed by atoms with Crippen molar-refractivity contribution in [2.45, 2.75) is 39.5 Å². The largest absolute Gasteiger partial charge is 0.493 e. The van der Waals surface area contributed by atoms with Gasteiger partial charge in [0.2, 0.25) is 0 Å². The third-order valence-electron chi connectivity index (χ3n) is 6.52. The first-order chi connectivity index (χ1) is 13.7. The van der Waals surface area contributed by atoms with Crippen molar-refractivity contribution < 1.29 is 9.47 Å². The lowest BCUT2D eigenvalue weighted by atomic mass is 9.79. The molecule has 0 saturated carbocycles. The second kappa shape index (κ2) is 8.67. The normalized spacial score (nSPS) is 22.6. The van der Waals surface area contributed by atoms with Crippen molar-refractivity contribution in [2.24, 2.45) is 5.41 Å². The summed E-state index contributed by atoms with van der Waals surface area (Å²) >= 11 is 0. The number of benzene rings is 2. The van der Waals surface area contributed by atoms with Gasteiger partial charge in [0, 0.05) is 25.1 Å². The topological polar surface area (TPSA) is 21.7 Å². The fraction of sp³-hybridized carbons (Fsp3) is 0.520. The molecule has 0 N–H and O–H groups in total. The lowest BCUT2D eigenvalue weighted by molar-refractivity contribution is 0.0657. The van der Waals surface area contributed by atoms with Gasteiger partial charge in [0.1, 0.15) is 5.75 Å². The molecular weight excluding hydrogens is 346 g/mol. The molecule has 2 heterocycles. The Labute approximate surface area is 169 Å². The van der Waals surface area contributed by atoms with Crippen LogP contribution < -0.4 is 4.74 Å². The Morgan fingerprint density at radius 3 is 2.71 bits per heavy atom. The highest BCUT2D eigenvalue weighted by atomic mass is 16.5. The van der Waals surface area contributed by atoms with E-state index in [9.17, 15) is 0 Å². The Bertz CT molecular complexity index is 795. The molecular formula is C25H33NO2. The molecule has 2 aromatic carbocycles. The van der Waals surface area contributed by atoms with Gasteiger partial charge in [-0.3, -0.25) is 0 Å². The number of hydrogen-bond donors (Lipinski definition) is 0. The standard InChI is InChI=1S/C25H33NO2/c1-20-8-3-4-9-22(20)23-10-5-11-24(21(23)2)28-16-7-15-26-14-6-12-25(18-26)13-17-27-19-25/h3-5,8-11H,6-7,12-19H2,1-2H3. The number of rotatable bonds is 6. The summed E-state index contributed by atoms with van der Waals surface area (Å²) in [5.74, 6) is 1.01. The molecule has 1 spiro atoms. The SMILES string of the molecule is Cc1ccccc1-c1cccc(OCCCN2CCCC3(CCOC3)C2)c1C. The molecule has 0 amide bonds. The van der Waals surface area contributed by atoms with E-state index in [1.54, 1.807) is 0 Å². The van der Waals surface area contributed by atoms with Crippen LogP contribution in [0.2, 0.25) is 0 Å². The summed E-state index contributed by atoms with van der Waals surface area (Å²) in [6.45, 7) is 10.6. The molecule has 1 atom stereocenters. The van der Waals surface area contributed by atoms with Crippen LogP contribution in [0.15, 0.2) is 42.5 Å². The first-order valence-electron chi connectivity index (χ1n) is 10.8. The van der Waals surface area contributed by atoms with Gasteiger partial charge in [0.25, 0.3) is 0 Å². The molecule has 0 aromatic heterocycles. The van der Waals surface area contributed by atoms with Crippen LogP contribution in [0.25, 0.3) is 11.1 Å². The zero-order chi connectivity index (χ0) is 19.4. The molecule has 2 aliphatic heterocycles. The molecule has 2 aliphatic rings. The first kappa shape index (κ1) is 19.5. The molecule has 2 saturated heterocycles. The van der Waals surface area contributed by atoms with Crippen molar-refractivity contribution in [3.63, 3.8) is 0 Å². The number of piperidine rings is 1. The highest BCUT2D eigenvalue weighted by Gasteiger charge is 2.38. The minimum absolute atomic E-state index is 0.442. The van der Waals surface area contributed by atoms with Gasteiger partial charge in [-0.05, 0) is 74.4 Å². The average molecular weight is 380 g/mol. The van der Waals surface area contributed by atoms with Crippen molar-refractivity contribution in [1.82, 2.24) is 4.90 Å². The zero-order valence-corrected chi connectivity index (χ0v) is 17.4. The van der Waals surface area contributed by atoms with Gasteiger partial charge in [-0.25, -0.2) is 0 Å². The van der Waals surface area contributed by atoms with Gasteiger partial charge >= 0.3 is 0 Å². The number of likely N-dealkylation sites (tertiary alicyclic amines) is 1. The van der Waals surface area contributed by atoms with Gasteiger partial charge in [0.15, 0.2) is 0 Å². The van der Waals surface area contributed by atoms with Crippen molar-refractivity contribution in [2.75, 3.05) is 39.5 Å². The van der Waals surface area contributed by atoms with Gasteiger partial charge in [-0.15, -0.1) is 0 Å². The van der Waals surface area contributed by atoms with E-state index in [-0.39, 0.29) is 0 Å². The van der Waals surface area contributed by atoms with Gasteiger partial charge in [0.05, 0.1) is 13.2 Å². The maximum Gasteiger partial charge on any atom is 0.122 e. The Morgan fingerprint density at radius 2 is 1.89 bits per heavy atom. The van der Waals surface area contributed by atoms with Crippen LogP contribution in [0, 0.1) is 19.3 Å². The summed E-state index contributed by atoms with van der Waals surface area (Å²) in [6, 6.07) is 15.0. The molecule has 1 unspecified atom stereocenters. The van der Waals surface area contributed by atoms with E-state index in [4.69, 9.17) is 9.47 Å². The highest BCUT2D eigenvalue weighted by molar-refractivity contribution is 5.72. The summed E-state index contributed by atoms with van der Waals surface area (Å²) in [4.78, 5) is 2.62. The summed E-state index contributed by atoms with van der Waals surface area (Å²) in [7, 11) is 0. The summed E-state index contributed by atoms with van der Waals surface area (Å²) < 4.78 is 11.9. The number of ether oxygens (including phenoxy) is 2. The predicted octanol–water partition coefficient (Wildman–Crippen LogP) is 5.24. The third-order valence-corrected chi connectivity index (χ3v) is 6.52. The molecule has 3 nitrogen and oxygen atoms in total. The van der Waals surface area contributed by atoms with Gasteiger partial charge in [-0.1, -0.05) is 36.4 Å². The van der Waals surface area contributed by atoms with Crippen molar-refractivity contribution in [3.05, 3.63) is 53.6 Å². The van der Waals surface area contributed by atoms with Crippen molar-refractivity contribution >= 4 is 0 Å². The number of nitrogens with zero attached hydrogens (tertiary/aromatic N) is 1. The van der Waals surface area contributed by atoms with Crippen LogP contribution >= 0.6 is 0 Å². The average Bonchev–Trinajstić information content (AvgIpc) is 3.14. The molecule has 2 fully saturated rings. The molecule has 2 aromatic rings. The maximum absolute atomic E-state index is 6.20. The van der Waals surface area contributed by atoms with Gasteiger partial charge < -0.3 is 14.4 Å². The Hall–Kier alpha value is -1.84. The van der Waals surface area contributed by atoms with Crippen LogP contribution in [0.5, 0.6) is 5.75 Å². The van der Waals surface area contributed by atoms with Crippen molar-refractivity contribution in [1.29, 1.82) is 0 Å². The summed E-state index contributed by atoms with van der Waals surface area (Å²) in [5.41, 5.74) is 5.55.